The summed E-state index contributed by atoms with van der Waals surface area (Å²) in [4.78, 5) is 25.7. The molecule has 1 aliphatic rings. The van der Waals surface area contributed by atoms with Crippen LogP contribution in [0.15, 0.2) is 29.2 Å². The number of likely N-dealkylation sites (tertiary alicyclic amines) is 1. The van der Waals surface area contributed by atoms with Crippen LogP contribution < -0.4 is 0 Å². The number of rotatable bonds is 4. The second kappa shape index (κ2) is 7.12. The fraction of sp³-hybridized carbons (Fsp3) is 0.500. The van der Waals surface area contributed by atoms with Crippen molar-refractivity contribution in [3.63, 3.8) is 0 Å². The van der Waals surface area contributed by atoms with E-state index in [1.165, 1.54) is 24.3 Å². The molecule has 1 amide bonds. The van der Waals surface area contributed by atoms with Gasteiger partial charge in [0.2, 0.25) is 0 Å². The molecule has 2 rings (SSSR count). The maximum absolute atomic E-state index is 12.0. The average Bonchev–Trinajstić information content (AvgIpc) is 2.52. The zero-order valence-corrected chi connectivity index (χ0v) is 14.1. The summed E-state index contributed by atoms with van der Waals surface area (Å²) in [5.41, 5.74) is 0.220. The molecule has 0 N–H and O–H groups in total. The van der Waals surface area contributed by atoms with Crippen molar-refractivity contribution >= 4 is 21.7 Å². The molecular weight excluding hydrogens is 318 g/mol. The lowest BCUT2D eigenvalue weighted by Gasteiger charge is -2.30. The van der Waals surface area contributed by atoms with Crippen molar-refractivity contribution in [1.82, 2.24) is 4.90 Å². The largest absolute Gasteiger partial charge is 0.452 e. The second-order valence-electron chi connectivity index (χ2n) is 5.94. The summed E-state index contributed by atoms with van der Waals surface area (Å²) >= 11 is 0. The van der Waals surface area contributed by atoms with E-state index in [4.69, 9.17) is 4.74 Å². The average molecular weight is 339 g/mol. The minimum atomic E-state index is -3.30. The molecule has 1 aliphatic heterocycles. The molecule has 0 radical (unpaired) electrons. The minimum absolute atomic E-state index is 0.132. The molecule has 6 nitrogen and oxygen atoms in total. The zero-order chi connectivity index (χ0) is 17.0. The van der Waals surface area contributed by atoms with Crippen LogP contribution in [0.25, 0.3) is 0 Å². The van der Waals surface area contributed by atoms with Gasteiger partial charge in [-0.05, 0) is 43.0 Å². The Morgan fingerprint density at radius 1 is 1.17 bits per heavy atom. The smallest absolute Gasteiger partial charge is 0.338 e. The lowest BCUT2D eigenvalue weighted by Crippen LogP contribution is -2.40. The first kappa shape index (κ1) is 17.5. The summed E-state index contributed by atoms with van der Waals surface area (Å²) in [6, 6.07) is 5.46. The van der Waals surface area contributed by atoms with Gasteiger partial charge in [0.15, 0.2) is 16.4 Å². The van der Waals surface area contributed by atoms with Gasteiger partial charge in [-0.2, -0.15) is 0 Å². The fourth-order valence-electron chi connectivity index (χ4n) is 2.40. The summed E-state index contributed by atoms with van der Waals surface area (Å²) < 4.78 is 27.7. The van der Waals surface area contributed by atoms with Gasteiger partial charge in [0.1, 0.15) is 0 Å². The third kappa shape index (κ3) is 4.79. The van der Waals surface area contributed by atoms with Crippen molar-refractivity contribution in [3.05, 3.63) is 29.8 Å². The summed E-state index contributed by atoms with van der Waals surface area (Å²) in [7, 11) is -3.30. The van der Waals surface area contributed by atoms with Crippen molar-refractivity contribution in [3.8, 4) is 0 Å². The van der Waals surface area contributed by atoms with Crippen LogP contribution in [0.2, 0.25) is 0 Å². The lowest BCUT2D eigenvalue weighted by atomic mass is 9.99. The van der Waals surface area contributed by atoms with Crippen LogP contribution in [-0.2, 0) is 19.4 Å². The number of hydrogen-bond donors (Lipinski definition) is 0. The van der Waals surface area contributed by atoms with Crippen LogP contribution in [-0.4, -0.2) is 51.1 Å². The molecule has 0 aromatic heterocycles. The standard InChI is InChI=1S/C16H21NO5S/c1-12-7-9-17(10-8-12)15(18)11-22-16(19)13-3-5-14(6-4-13)23(2,20)21/h3-6,12H,7-11H2,1-2H3. The molecule has 1 aromatic rings. The molecule has 0 aliphatic carbocycles. The molecule has 23 heavy (non-hydrogen) atoms. The Hall–Kier alpha value is -1.89. The van der Waals surface area contributed by atoms with Crippen molar-refractivity contribution in [2.75, 3.05) is 26.0 Å². The van der Waals surface area contributed by atoms with Gasteiger partial charge < -0.3 is 9.64 Å². The van der Waals surface area contributed by atoms with Crippen molar-refractivity contribution in [1.29, 1.82) is 0 Å². The van der Waals surface area contributed by atoms with Crippen LogP contribution in [0.3, 0.4) is 0 Å². The molecule has 0 spiro atoms. The Morgan fingerprint density at radius 2 is 1.74 bits per heavy atom. The molecule has 0 saturated carbocycles. The van der Waals surface area contributed by atoms with Gasteiger partial charge in [-0.1, -0.05) is 6.92 Å². The van der Waals surface area contributed by atoms with E-state index < -0.39 is 15.8 Å². The molecule has 7 heteroatoms. The van der Waals surface area contributed by atoms with E-state index in [0.717, 1.165) is 19.1 Å². The Kier molecular flexibility index (Phi) is 5.41. The van der Waals surface area contributed by atoms with Crippen LogP contribution >= 0.6 is 0 Å². The van der Waals surface area contributed by atoms with Gasteiger partial charge in [0.05, 0.1) is 10.5 Å². The van der Waals surface area contributed by atoms with Gasteiger partial charge in [-0.15, -0.1) is 0 Å². The second-order valence-corrected chi connectivity index (χ2v) is 7.95. The number of sulfone groups is 1. The number of esters is 1. The van der Waals surface area contributed by atoms with E-state index in [1.54, 1.807) is 4.90 Å². The quantitative estimate of drug-likeness (QED) is 0.777. The van der Waals surface area contributed by atoms with Crippen LogP contribution in [0, 0.1) is 5.92 Å². The Bertz CT molecular complexity index is 673. The minimum Gasteiger partial charge on any atom is -0.452 e. The number of benzene rings is 1. The molecule has 1 aromatic carbocycles. The molecule has 0 bridgehead atoms. The highest BCUT2D eigenvalue weighted by atomic mass is 32.2. The summed E-state index contributed by atoms with van der Waals surface area (Å²) in [5, 5.41) is 0. The van der Waals surface area contributed by atoms with E-state index in [2.05, 4.69) is 6.92 Å². The molecule has 1 heterocycles. The molecule has 1 saturated heterocycles. The van der Waals surface area contributed by atoms with Crippen molar-refractivity contribution < 1.29 is 22.7 Å². The normalized spacial score (nSPS) is 16.2. The summed E-state index contributed by atoms with van der Waals surface area (Å²) in [5.74, 6) is -0.211. The predicted octanol–water partition coefficient (Wildman–Crippen LogP) is 1.51. The third-order valence-corrected chi connectivity index (χ3v) is 5.11. The highest BCUT2D eigenvalue weighted by Gasteiger charge is 2.21. The predicted molar refractivity (Wildman–Crippen MR) is 84.8 cm³/mol. The van der Waals surface area contributed by atoms with Crippen molar-refractivity contribution in [2.45, 2.75) is 24.7 Å². The third-order valence-electron chi connectivity index (χ3n) is 3.98. The van der Waals surface area contributed by atoms with Gasteiger partial charge in [0.25, 0.3) is 5.91 Å². The van der Waals surface area contributed by atoms with Gasteiger partial charge in [-0.25, -0.2) is 13.2 Å². The van der Waals surface area contributed by atoms with Crippen LogP contribution in [0.4, 0.5) is 0 Å². The topological polar surface area (TPSA) is 80.8 Å². The number of carbonyl (C=O) groups is 2. The van der Waals surface area contributed by atoms with E-state index >= 15 is 0 Å². The Morgan fingerprint density at radius 3 is 2.26 bits per heavy atom. The van der Waals surface area contributed by atoms with Crippen LogP contribution in [0.1, 0.15) is 30.1 Å². The molecule has 0 atom stereocenters. The number of amides is 1. The fourth-order valence-corrected chi connectivity index (χ4v) is 3.03. The summed E-state index contributed by atoms with van der Waals surface area (Å²) in [6.45, 7) is 3.25. The van der Waals surface area contributed by atoms with E-state index in [9.17, 15) is 18.0 Å². The first-order valence-corrected chi connectivity index (χ1v) is 9.41. The maximum atomic E-state index is 12.0. The number of hydrogen-bond acceptors (Lipinski definition) is 5. The molecular formula is C16H21NO5S. The van der Waals surface area contributed by atoms with Gasteiger partial charge in [0, 0.05) is 19.3 Å². The SMILES string of the molecule is CC1CCN(C(=O)COC(=O)c2ccc(S(C)(=O)=O)cc2)CC1. The zero-order valence-electron chi connectivity index (χ0n) is 13.3. The number of carbonyl (C=O) groups excluding carboxylic acids is 2. The molecule has 126 valence electrons. The lowest BCUT2D eigenvalue weighted by molar-refractivity contribution is -0.135. The number of nitrogens with zero attached hydrogens (tertiary/aromatic N) is 1. The van der Waals surface area contributed by atoms with E-state index in [0.29, 0.717) is 19.0 Å². The molecule has 1 fully saturated rings. The van der Waals surface area contributed by atoms with Gasteiger partial charge >= 0.3 is 5.97 Å². The van der Waals surface area contributed by atoms with E-state index in [1.807, 2.05) is 0 Å². The van der Waals surface area contributed by atoms with Gasteiger partial charge in [-0.3, -0.25) is 4.79 Å². The number of ether oxygens (including phenoxy) is 1. The Balaban J connectivity index is 1.88. The number of piperidine rings is 1. The highest BCUT2D eigenvalue weighted by molar-refractivity contribution is 7.90. The van der Waals surface area contributed by atoms with Crippen LogP contribution in [0.5, 0.6) is 0 Å². The summed E-state index contributed by atoms with van der Waals surface area (Å²) in [6.07, 6.45) is 3.03. The van der Waals surface area contributed by atoms with Crippen molar-refractivity contribution in [2.24, 2.45) is 5.92 Å². The highest BCUT2D eigenvalue weighted by Crippen LogP contribution is 2.16. The Labute approximate surface area is 136 Å². The molecule has 0 unspecified atom stereocenters. The monoisotopic (exact) mass is 339 g/mol. The maximum Gasteiger partial charge on any atom is 0.338 e. The van der Waals surface area contributed by atoms with E-state index in [-0.39, 0.29) is 23.0 Å². The first-order valence-electron chi connectivity index (χ1n) is 7.52. The first-order chi connectivity index (χ1) is 10.8.